The smallest absolute Gasteiger partial charge is 0.289 e. The number of nitrogens with zero attached hydrogens (tertiary/aromatic N) is 4. The van der Waals surface area contributed by atoms with Crippen LogP contribution in [0.3, 0.4) is 0 Å². The third kappa shape index (κ3) is 3.48. The zero-order valence-corrected chi connectivity index (χ0v) is 17.6. The Bertz CT molecular complexity index is 955. The van der Waals surface area contributed by atoms with Crippen LogP contribution in [0.25, 0.3) is 11.0 Å². The molecule has 2 bridgehead atoms. The maximum Gasteiger partial charge on any atom is 0.289 e. The first-order valence-corrected chi connectivity index (χ1v) is 10.9. The average molecular weight is 412 g/mol. The SMILES string of the molecule is CC1C(NC(=O)c2cc3oc(C(=O)N4CCN(C)CC4)cc3cn2)C2CCN1CC2. The zero-order valence-electron chi connectivity index (χ0n) is 17.6. The monoisotopic (exact) mass is 411 g/mol. The third-order valence-corrected chi connectivity index (χ3v) is 7.11. The van der Waals surface area contributed by atoms with Crippen molar-refractivity contribution in [3.8, 4) is 0 Å². The molecule has 4 aliphatic rings. The highest BCUT2D eigenvalue weighted by atomic mass is 16.3. The Labute approximate surface area is 176 Å². The number of nitrogens with one attached hydrogen (secondary N) is 1. The molecule has 6 heterocycles. The van der Waals surface area contributed by atoms with Gasteiger partial charge in [-0.3, -0.25) is 19.5 Å². The van der Waals surface area contributed by atoms with Crippen LogP contribution in [0.15, 0.2) is 22.7 Å². The van der Waals surface area contributed by atoms with Crippen molar-refractivity contribution in [2.75, 3.05) is 46.3 Å². The van der Waals surface area contributed by atoms with E-state index in [4.69, 9.17) is 4.42 Å². The van der Waals surface area contributed by atoms with Crippen molar-refractivity contribution >= 4 is 22.8 Å². The average Bonchev–Trinajstić information content (AvgIpc) is 3.20. The van der Waals surface area contributed by atoms with Crippen LogP contribution in [0, 0.1) is 5.92 Å². The number of hydrogen-bond donors (Lipinski definition) is 1. The lowest BCUT2D eigenvalue weighted by Gasteiger charge is -2.49. The number of carbonyl (C=O) groups is 2. The summed E-state index contributed by atoms with van der Waals surface area (Å²) in [6.07, 6.45) is 3.89. The van der Waals surface area contributed by atoms with Gasteiger partial charge in [0.25, 0.3) is 11.8 Å². The molecule has 160 valence electrons. The predicted molar refractivity (Wildman–Crippen MR) is 112 cm³/mol. The number of piperazine rings is 1. The highest BCUT2D eigenvalue weighted by molar-refractivity contribution is 5.98. The highest BCUT2D eigenvalue weighted by Crippen LogP contribution is 2.32. The molecule has 6 rings (SSSR count). The van der Waals surface area contributed by atoms with Gasteiger partial charge in [0.05, 0.1) is 0 Å². The molecule has 30 heavy (non-hydrogen) atoms. The van der Waals surface area contributed by atoms with E-state index in [-0.39, 0.29) is 17.9 Å². The van der Waals surface area contributed by atoms with Crippen LogP contribution < -0.4 is 5.32 Å². The quantitative estimate of drug-likeness (QED) is 0.823. The van der Waals surface area contributed by atoms with Crippen LogP contribution in [0.4, 0.5) is 0 Å². The summed E-state index contributed by atoms with van der Waals surface area (Å²) in [5.41, 5.74) is 0.855. The second kappa shape index (κ2) is 7.67. The minimum atomic E-state index is -0.175. The van der Waals surface area contributed by atoms with Crippen molar-refractivity contribution in [2.45, 2.75) is 31.8 Å². The Morgan fingerprint density at radius 2 is 1.83 bits per heavy atom. The van der Waals surface area contributed by atoms with E-state index >= 15 is 0 Å². The van der Waals surface area contributed by atoms with E-state index in [2.05, 4.69) is 34.1 Å². The van der Waals surface area contributed by atoms with Gasteiger partial charge in [0.1, 0.15) is 11.3 Å². The second-order valence-electron chi connectivity index (χ2n) is 8.93. The van der Waals surface area contributed by atoms with Gasteiger partial charge in [-0.25, -0.2) is 0 Å². The molecule has 0 aromatic carbocycles. The Morgan fingerprint density at radius 1 is 1.10 bits per heavy atom. The number of furan rings is 1. The first-order valence-electron chi connectivity index (χ1n) is 10.9. The molecule has 2 aromatic rings. The molecule has 2 amide bonds. The molecule has 8 nitrogen and oxygen atoms in total. The van der Waals surface area contributed by atoms with Crippen LogP contribution in [-0.4, -0.2) is 89.9 Å². The van der Waals surface area contributed by atoms with Gasteiger partial charge in [0.2, 0.25) is 0 Å². The van der Waals surface area contributed by atoms with Crippen molar-refractivity contribution < 1.29 is 14.0 Å². The lowest BCUT2D eigenvalue weighted by molar-refractivity contribution is 0.0216. The first-order chi connectivity index (χ1) is 14.5. The molecule has 4 aliphatic heterocycles. The van der Waals surface area contributed by atoms with Crippen molar-refractivity contribution in [1.29, 1.82) is 0 Å². The molecule has 2 unspecified atom stereocenters. The zero-order chi connectivity index (χ0) is 20.8. The number of hydrogen-bond acceptors (Lipinski definition) is 6. The van der Waals surface area contributed by atoms with Gasteiger partial charge in [-0.1, -0.05) is 0 Å². The third-order valence-electron chi connectivity index (χ3n) is 7.11. The Hall–Kier alpha value is -2.45. The van der Waals surface area contributed by atoms with Crippen molar-refractivity contribution in [3.05, 3.63) is 29.8 Å². The molecular formula is C22H29N5O3. The molecule has 0 radical (unpaired) electrons. The number of likely N-dealkylation sites (N-methyl/N-ethyl adjacent to an activating group) is 1. The Kier molecular flexibility index (Phi) is 4.99. The van der Waals surface area contributed by atoms with E-state index in [1.165, 1.54) is 0 Å². The van der Waals surface area contributed by atoms with E-state index in [0.29, 0.717) is 42.1 Å². The number of amides is 2. The maximum absolute atomic E-state index is 12.9. The van der Waals surface area contributed by atoms with Crippen LogP contribution in [-0.2, 0) is 0 Å². The molecule has 4 saturated heterocycles. The fourth-order valence-electron chi connectivity index (χ4n) is 5.10. The summed E-state index contributed by atoms with van der Waals surface area (Å²) in [7, 11) is 2.05. The summed E-state index contributed by atoms with van der Waals surface area (Å²) in [6, 6.07) is 3.88. The molecule has 2 aromatic heterocycles. The summed E-state index contributed by atoms with van der Waals surface area (Å²) in [4.78, 5) is 36.5. The van der Waals surface area contributed by atoms with Crippen LogP contribution in [0.1, 0.15) is 40.8 Å². The van der Waals surface area contributed by atoms with E-state index in [0.717, 1.165) is 44.4 Å². The molecule has 8 heteroatoms. The van der Waals surface area contributed by atoms with Gasteiger partial charge in [0, 0.05) is 55.9 Å². The van der Waals surface area contributed by atoms with Crippen LogP contribution >= 0.6 is 0 Å². The minimum Gasteiger partial charge on any atom is -0.451 e. The lowest BCUT2D eigenvalue weighted by atomic mass is 9.79. The van der Waals surface area contributed by atoms with E-state index in [1.54, 1.807) is 18.3 Å². The molecule has 4 fully saturated rings. The van der Waals surface area contributed by atoms with Crippen LogP contribution in [0.5, 0.6) is 0 Å². The first kappa shape index (κ1) is 19.5. The molecule has 0 spiro atoms. The van der Waals surface area contributed by atoms with Gasteiger partial charge in [-0.2, -0.15) is 0 Å². The van der Waals surface area contributed by atoms with Gasteiger partial charge in [-0.05, 0) is 51.9 Å². The summed E-state index contributed by atoms with van der Waals surface area (Å²) in [5.74, 6) is 0.561. The van der Waals surface area contributed by atoms with Gasteiger partial charge in [0.15, 0.2) is 5.76 Å². The number of aromatic nitrogens is 1. The predicted octanol–water partition coefficient (Wildman–Crippen LogP) is 1.43. The standard InChI is InChI=1S/C22H29N5O3/c1-14-20(15-3-5-26(14)6-4-15)24-21(28)17-12-18-16(13-23-17)11-19(30-18)22(29)27-9-7-25(2)8-10-27/h11-15,20H,3-10H2,1-2H3,(H,24,28). The maximum atomic E-state index is 12.9. The summed E-state index contributed by atoms with van der Waals surface area (Å²) >= 11 is 0. The Balaban J connectivity index is 1.31. The number of fused-ring (bicyclic) bond motifs is 4. The van der Waals surface area contributed by atoms with Crippen molar-refractivity contribution in [3.63, 3.8) is 0 Å². The Morgan fingerprint density at radius 3 is 2.53 bits per heavy atom. The summed E-state index contributed by atoms with van der Waals surface area (Å²) < 4.78 is 5.83. The fraction of sp³-hybridized carbons (Fsp3) is 0.591. The van der Waals surface area contributed by atoms with E-state index < -0.39 is 0 Å². The van der Waals surface area contributed by atoms with Gasteiger partial charge < -0.3 is 19.5 Å². The highest BCUT2D eigenvalue weighted by Gasteiger charge is 2.40. The van der Waals surface area contributed by atoms with Crippen molar-refractivity contribution in [2.24, 2.45) is 5.92 Å². The fourth-order valence-corrected chi connectivity index (χ4v) is 5.10. The van der Waals surface area contributed by atoms with E-state index in [1.807, 2.05) is 4.90 Å². The summed E-state index contributed by atoms with van der Waals surface area (Å²) in [6.45, 7) is 7.53. The number of rotatable bonds is 3. The minimum absolute atomic E-state index is 0.105. The van der Waals surface area contributed by atoms with E-state index in [9.17, 15) is 9.59 Å². The topological polar surface area (TPSA) is 81.9 Å². The normalized spacial score (nSPS) is 29.3. The van der Waals surface area contributed by atoms with Crippen LogP contribution in [0.2, 0.25) is 0 Å². The number of carbonyl (C=O) groups excluding carboxylic acids is 2. The molecule has 0 aliphatic carbocycles. The molecular weight excluding hydrogens is 382 g/mol. The van der Waals surface area contributed by atoms with Crippen molar-refractivity contribution in [1.82, 2.24) is 25.0 Å². The van der Waals surface area contributed by atoms with Gasteiger partial charge in [-0.15, -0.1) is 0 Å². The molecule has 1 N–H and O–H groups in total. The summed E-state index contributed by atoms with van der Waals surface area (Å²) in [5, 5.41) is 3.94. The largest absolute Gasteiger partial charge is 0.451 e. The second-order valence-corrected chi connectivity index (χ2v) is 8.93. The van der Waals surface area contributed by atoms with Gasteiger partial charge >= 0.3 is 0 Å². The molecule has 2 atom stereocenters. The number of piperidine rings is 3. The number of pyridine rings is 1. The lowest BCUT2D eigenvalue weighted by Crippen LogP contribution is -2.62. The molecule has 0 saturated carbocycles.